The second-order valence-electron chi connectivity index (χ2n) is 4.41. The van der Waals surface area contributed by atoms with Gasteiger partial charge in [0.2, 0.25) is 0 Å². The Morgan fingerprint density at radius 2 is 1.78 bits per heavy atom. The molecule has 0 aliphatic carbocycles. The normalized spacial score (nSPS) is 9.78. The van der Waals surface area contributed by atoms with Gasteiger partial charge in [0.05, 0.1) is 12.7 Å². The maximum atomic E-state index is 11.7. The third-order valence-electron chi connectivity index (χ3n) is 2.80. The molecule has 1 aromatic carbocycles. The number of carbonyl (C=O) groups excluding carboxylic acids is 3. The van der Waals surface area contributed by atoms with E-state index in [1.54, 1.807) is 24.3 Å². The Kier molecular flexibility index (Phi) is 5.40. The molecule has 1 heterocycles. The highest BCUT2D eigenvalue weighted by Gasteiger charge is 2.11. The van der Waals surface area contributed by atoms with Crippen LogP contribution in [-0.4, -0.2) is 36.5 Å². The Bertz CT molecular complexity index is 698. The van der Waals surface area contributed by atoms with Gasteiger partial charge < -0.3 is 14.8 Å². The smallest absolute Gasteiger partial charge is 0.357 e. The molecule has 0 saturated carbocycles. The average molecular weight is 314 g/mol. The number of carbonyl (C=O) groups is 3. The van der Waals surface area contributed by atoms with Crippen LogP contribution in [0.1, 0.15) is 20.8 Å². The summed E-state index contributed by atoms with van der Waals surface area (Å²) in [6.07, 6.45) is 1.46. The van der Waals surface area contributed by atoms with E-state index in [9.17, 15) is 14.4 Å². The zero-order valence-electron chi connectivity index (χ0n) is 12.3. The van der Waals surface area contributed by atoms with Crippen molar-refractivity contribution >= 4 is 23.5 Å². The van der Waals surface area contributed by atoms with Gasteiger partial charge in [-0.15, -0.1) is 0 Å². The van der Waals surface area contributed by atoms with Crippen LogP contribution in [0.15, 0.2) is 48.7 Å². The predicted octanol–water partition coefficient (Wildman–Crippen LogP) is 1.66. The number of pyridine rings is 1. The van der Waals surface area contributed by atoms with Gasteiger partial charge in [-0.1, -0.05) is 6.07 Å². The summed E-state index contributed by atoms with van der Waals surface area (Å²) in [5.41, 5.74) is 0.964. The molecule has 0 atom stereocenters. The van der Waals surface area contributed by atoms with Crippen LogP contribution in [0.2, 0.25) is 0 Å². The van der Waals surface area contributed by atoms with Gasteiger partial charge in [0.25, 0.3) is 5.91 Å². The number of benzene rings is 1. The Labute approximate surface area is 132 Å². The van der Waals surface area contributed by atoms with Gasteiger partial charge in [0, 0.05) is 11.9 Å². The largest absolute Gasteiger partial charge is 0.465 e. The molecule has 7 heteroatoms. The number of esters is 2. The van der Waals surface area contributed by atoms with E-state index in [1.165, 1.54) is 31.5 Å². The zero-order chi connectivity index (χ0) is 16.7. The van der Waals surface area contributed by atoms with Gasteiger partial charge in [0.15, 0.2) is 6.61 Å². The van der Waals surface area contributed by atoms with Gasteiger partial charge >= 0.3 is 11.9 Å². The highest BCUT2D eigenvalue weighted by molar-refractivity contribution is 5.95. The van der Waals surface area contributed by atoms with Crippen LogP contribution in [-0.2, 0) is 14.3 Å². The van der Waals surface area contributed by atoms with Crippen LogP contribution < -0.4 is 5.32 Å². The molecule has 2 aromatic rings. The average Bonchev–Trinajstić information content (AvgIpc) is 2.60. The van der Waals surface area contributed by atoms with E-state index in [0.29, 0.717) is 11.3 Å². The van der Waals surface area contributed by atoms with Crippen molar-refractivity contribution in [1.29, 1.82) is 0 Å². The Morgan fingerprint density at radius 1 is 1.04 bits per heavy atom. The van der Waals surface area contributed by atoms with Gasteiger partial charge in [-0.25, -0.2) is 14.6 Å². The van der Waals surface area contributed by atoms with Crippen LogP contribution in [0.5, 0.6) is 0 Å². The summed E-state index contributed by atoms with van der Waals surface area (Å²) in [7, 11) is 1.29. The number of amides is 1. The SMILES string of the molecule is COC(=O)c1ccc(NC(=O)COC(=O)c2ccccn2)cc1. The Balaban J connectivity index is 1.85. The molecule has 7 nitrogen and oxygen atoms in total. The van der Waals surface area contributed by atoms with Crippen molar-refractivity contribution in [3.8, 4) is 0 Å². The summed E-state index contributed by atoms with van der Waals surface area (Å²) in [5.74, 6) is -1.64. The van der Waals surface area contributed by atoms with Crippen LogP contribution >= 0.6 is 0 Å². The van der Waals surface area contributed by atoms with Crippen molar-refractivity contribution in [2.75, 3.05) is 19.0 Å². The lowest BCUT2D eigenvalue weighted by Gasteiger charge is -2.07. The first-order valence-electron chi connectivity index (χ1n) is 6.66. The molecule has 0 aliphatic rings. The highest BCUT2D eigenvalue weighted by Crippen LogP contribution is 2.10. The van der Waals surface area contributed by atoms with E-state index in [2.05, 4.69) is 15.0 Å². The van der Waals surface area contributed by atoms with Crippen LogP contribution in [0.3, 0.4) is 0 Å². The number of nitrogens with one attached hydrogen (secondary N) is 1. The lowest BCUT2D eigenvalue weighted by molar-refractivity contribution is -0.119. The van der Waals surface area contributed by atoms with Gasteiger partial charge in [-0.05, 0) is 36.4 Å². The van der Waals surface area contributed by atoms with Gasteiger partial charge in [-0.3, -0.25) is 4.79 Å². The van der Waals surface area contributed by atoms with Gasteiger partial charge in [0.1, 0.15) is 5.69 Å². The first-order valence-corrected chi connectivity index (χ1v) is 6.66. The molecular formula is C16H14N2O5. The standard InChI is InChI=1S/C16H14N2O5/c1-22-15(20)11-5-7-12(8-6-11)18-14(19)10-23-16(21)13-4-2-3-9-17-13/h2-9H,10H2,1H3,(H,18,19). The number of anilines is 1. The van der Waals surface area contributed by atoms with E-state index in [1.807, 2.05) is 0 Å². The lowest BCUT2D eigenvalue weighted by atomic mass is 10.2. The number of aromatic nitrogens is 1. The molecule has 23 heavy (non-hydrogen) atoms. The predicted molar refractivity (Wildman–Crippen MR) is 80.9 cm³/mol. The molecule has 1 aromatic heterocycles. The molecule has 0 bridgehead atoms. The molecule has 0 spiro atoms. The summed E-state index contributed by atoms with van der Waals surface area (Å²) in [6.45, 7) is -0.436. The van der Waals surface area contributed by atoms with Crippen molar-refractivity contribution in [2.24, 2.45) is 0 Å². The fraction of sp³-hybridized carbons (Fsp3) is 0.125. The quantitative estimate of drug-likeness (QED) is 0.844. The molecule has 0 saturated heterocycles. The van der Waals surface area contributed by atoms with E-state index in [-0.39, 0.29) is 5.69 Å². The number of ether oxygens (including phenoxy) is 2. The number of nitrogens with zero attached hydrogens (tertiary/aromatic N) is 1. The molecule has 118 valence electrons. The Morgan fingerprint density at radius 3 is 2.39 bits per heavy atom. The number of hydrogen-bond acceptors (Lipinski definition) is 6. The lowest BCUT2D eigenvalue weighted by Crippen LogP contribution is -2.21. The monoisotopic (exact) mass is 314 g/mol. The summed E-state index contributed by atoms with van der Waals surface area (Å²) < 4.78 is 9.43. The van der Waals surface area contributed by atoms with Crippen LogP contribution in [0.25, 0.3) is 0 Å². The molecule has 0 unspecified atom stereocenters. The van der Waals surface area contributed by atoms with Crippen molar-refractivity contribution in [2.45, 2.75) is 0 Å². The van der Waals surface area contributed by atoms with E-state index < -0.39 is 24.5 Å². The second-order valence-corrected chi connectivity index (χ2v) is 4.41. The molecule has 1 N–H and O–H groups in total. The van der Waals surface area contributed by atoms with Crippen LogP contribution in [0, 0.1) is 0 Å². The Hall–Kier alpha value is -3.22. The minimum absolute atomic E-state index is 0.128. The summed E-state index contributed by atoms with van der Waals surface area (Å²) in [4.78, 5) is 38.5. The fourth-order valence-corrected chi connectivity index (χ4v) is 1.69. The summed E-state index contributed by atoms with van der Waals surface area (Å²) >= 11 is 0. The third kappa shape index (κ3) is 4.63. The van der Waals surface area contributed by atoms with Crippen molar-refractivity contribution in [1.82, 2.24) is 4.98 Å². The molecule has 0 radical (unpaired) electrons. The minimum Gasteiger partial charge on any atom is -0.465 e. The molecule has 1 amide bonds. The maximum absolute atomic E-state index is 11.7. The van der Waals surface area contributed by atoms with Gasteiger partial charge in [-0.2, -0.15) is 0 Å². The molecule has 0 fully saturated rings. The van der Waals surface area contributed by atoms with Crippen molar-refractivity contribution in [3.05, 3.63) is 59.9 Å². The van der Waals surface area contributed by atoms with Crippen LogP contribution in [0.4, 0.5) is 5.69 Å². The number of methoxy groups -OCH3 is 1. The second kappa shape index (κ2) is 7.69. The summed E-state index contributed by atoms with van der Waals surface area (Å²) in [5, 5.41) is 2.54. The molecular weight excluding hydrogens is 300 g/mol. The number of hydrogen-bond donors (Lipinski definition) is 1. The zero-order valence-corrected chi connectivity index (χ0v) is 12.3. The first kappa shape index (κ1) is 16.2. The first-order chi connectivity index (χ1) is 11.1. The maximum Gasteiger partial charge on any atom is 0.357 e. The summed E-state index contributed by atoms with van der Waals surface area (Å²) in [6, 6.07) is 10.9. The highest BCUT2D eigenvalue weighted by atomic mass is 16.5. The third-order valence-corrected chi connectivity index (χ3v) is 2.80. The van der Waals surface area contributed by atoms with E-state index >= 15 is 0 Å². The van der Waals surface area contributed by atoms with Crippen molar-refractivity contribution < 1.29 is 23.9 Å². The van der Waals surface area contributed by atoms with E-state index in [0.717, 1.165) is 0 Å². The molecule has 0 aliphatic heterocycles. The minimum atomic E-state index is -0.679. The van der Waals surface area contributed by atoms with E-state index in [4.69, 9.17) is 4.74 Å². The molecule has 2 rings (SSSR count). The van der Waals surface area contributed by atoms with Crippen molar-refractivity contribution in [3.63, 3.8) is 0 Å². The topological polar surface area (TPSA) is 94.6 Å². The fourth-order valence-electron chi connectivity index (χ4n) is 1.69. The number of rotatable bonds is 5.